The third-order valence-corrected chi connectivity index (χ3v) is 3.09. The van der Waals surface area contributed by atoms with E-state index in [4.69, 9.17) is 5.11 Å². The van der Waals surface area contributed by atoms with E-state index in [0.717, 1.165) is 18.5 Å². The topological polar surface area (TPSA) is 70.4 Å². The van der Waals surface area contributed by atoms with Crippen LogP contribution in [0.3, 0.4) is 0 Å². The Labute approximate surface area is 100 Å². The molecule has 1 unspecified atom stereocenters. The molecule has 0 aliphatic heterocycles. The van der Waals surface area contributed by atoms with Gasteiger partial charge in [0.15, 0.2) is 5.82 Å². The number of aromatic nitrogens is 2. The van der Waals surface area contributed by atoms with Gasteiger partial charge in [0.25, 0.3) is 0 Å². The van der Waals surface area contributed by atoms with E-state index in [9.17, 15) is 4.79 Å². The maximum absolute atomic E-state index is 10.6. The monoisotopic (exact) mass is 238 g/mol. The van der Waals surface area contributed by atoms with E-state index < -0.39 is 6.09 Å². The smallest absolute Gasteiger partial charge is 0.410 e. The second-order valence-corrected chi connectivity index (χ2v) is 4.70. The minimum Gasteiger partial charge on any atom is -0.465 e. The first-order valence-corrected chi connectivity index (χ1v) is 5.75. The van der Waals surface area contributed by atoms with Gasteiger partial charge in [-0.05, 0) is 33.9 Å². The molecule has 94 valence electrons. The van der Waals surface area contributed by atoms with Gasteiger partial charge in [-0.25, -0.2) is 4.79 Å². The summed E-state index contributed by atoms with van der Waals surface area (Å²) < 4.78 is 1.95. The Kier molecular flexibility index (Phi) is 3.06. The standard InChI is InChI=1S/C11H18N4O2/c1-7(14(2)3)9-6-10(12-11(16)17)13-15(9)8-4-5-8/h6-8H,4-5H2,1-3H3,(H,12,13)(H,16,17). The summed E-state index contributed by atoms with van der Waals surface area (Å²) in [4.78, 5) is 12.7. The molecule has 6 nitrogen and oxygen atoms in total. The highest BCUT2D eigenvalue weighted by Crippen LogP contribution is 2.38. The molecule has 2 rings (SSSR count). The molecule has 1 amide bonds. The zero-order valence-corrected chi connectivity index (χ0v) is 10.3. The highest BCUT2D eigenvalue weighted by molar-refractivity contribution is 5.81. The summed E-state index contributed by atoms with van der Waals surface area (Å²) in [5, 5.41) is 15.3. The second kappa shape index (κ2) is 4.37. The van der Waals surface area contributed by atoms with Crippen LogP contribution in [0.5, 0.6) is 0 Å². The lowest BCUT2D eigenvalue weighted by molar-refractivity contribution is 0.209. The second-order valence-electron chi connectivity index (χ2n) is 4.70. The third kappa shape index (κ3) is 2.58. The Balaban J connectivity index is 2.28. The largest absolute Gasteiger partial charge is 0.465 e. The maximum Gasteiger partial charge on any atom is 0.410 e. The third-order valence-electron chi connectivity index (χ3n) is 3.09. The van der Waals surface area contributed by atoms with Crippen molar-refractivity contribution in [2.24, 2.45) is 0 Å². The summed E-state index contributed by atoms with van der Waals surface area (Å²) in [6.45, 7) is 2.08. The average molecular weight is 238 g/mol. The van der Waals surface area contributed by atoms with Gasteiger partial charge in [0.2, 0.25) is 0 Å². The minimum absolute atomic E-state index is 0.215. The molecule has 1 aliphatic carbocycles. The number of rotatable bonds is 4. The van der Waals surface area contributed by atoms with Crippen molar-refractivity contribution in [3.8, 4) is 0 Å². The van der Waals surface area contributed by atoms with Gasteiger partial charge in [-0.2, -0.15) is 5.10 Å². The van der Waals surface area contributed by atoms with Crippen molar-refractivity contribution in [1.82, 2.24) is 14.7 Å². The number of amides is 1. The van der Waals surface area contributed by atoms with E-state index in [1.807, 2.05) is 24.8 Å². The molecule has 1 heterocycles. The van der Waals surface area contributed by atoms with E-state index in [1.165, 1.54) is 0 Å². The van der Waals surface area contributed by atoms with E-state index in [1.54, 1.807) is 0 Å². The van der Waals surface area contributed by atoms with Gasteiger partial charge in [-0.3, -0.25) is 10.00 Å². The molecule has 1 aromatic heterocycles. The van der Waals surface area contributed by atoms with Crippen molar-refractivity contribution in [1.29, 1.82) is 0 Å². The van der Waals surface area contributed by atoms with E-state index in [0.29, 0.717) is 11.9 Å². The Hall–Kier alpha value is -1.56. The van der Waals surface area contributed by atoms with Crippen LogP contribution in [0.15, 0.2) is 6.07 Å². The highest BCUT2D eigenvalue weighted by Gasteiger charge is 2.29. The van der Waals surface area contributed by atoms with E-state index in [2.05, 4.69) is 22.2 Å². The van der Waals surface area contributed by atoms with Gasteiger partial charge in [-0.15, -0.1) is 0 Å². The molecule has 6 heteroatoms. The van der Waals surface area contributed by atoms with Gasteiger partial charge < -0.3 is 10.0 Å². The van der Waals surface area contributed by atoms with Crippen molar-refractivity contribution in [3.63, 3.8) is 0 Å². The van der Waals surface area contributed by atoms with Crippen LogP contribution in [0, 0.1) is 0 Å². The number of nitrogens with zero attached hydrogens (tertiary/aromatic N) is 3. The molecule has 1 saturated carbocycles. The molecule has 1 aromatic rings. The fourth-order valence-electron chi connectivity index (χ4n) is 1.77. The number of hydrogen-bond donors (Lipinski definition) is 2. The molecule has 0 bridgehead atoms. The summed E-state index contributed by atoms with van der Waals surface area (Å²) in [6.07, 6.45) is 1.18. The number of hydrogen-bond acceptors (Lipinski definition) is 3. The van der Waals surface area contributed by atoms with Gasteiger partial charge in [-0.1, -0.05) is 0 Å². The SMILES string of the molecule is CC(c1cc(NC(=O)O)nn1C1CC1)N(C)C. The first kappa shape index (κ1) is 11.9. The first-order chi connectivity index (χ1) is 7.99. The van der Waals surface area contributed by atoms with Crippen molar-refractivity contribution in [2.45, 2.75) is 31.8 Å². The predicted octanol–water partition coefficient (Wildman–Crippen LogP) is 1.93. The van der Waals surface area contributed by atoms with Crippen molar-refractivity contribution in [2.75, 3.05) is 19.4 Å². The van der Waals surface area contributed by atoms with Crippen LogP contribution in [0.2, 0.25) is 0 Å². The van der Waals surface area contributed by atoms with Crippen molar-refractivity contribution in [3.05, 3.63) is 11.8 Å². The van der Waals surface area contributed by atoms with Crippen LogP contribution >= 0.6 is 0 Å². The molecule has 2 N–H and O–H groups in total. The fraction of sp³-hybridized carbons (Fsp3) is 0.636. The van der Waals surface area contributed by atoms with E-state index in [-0.39, 0.29) is 6.04 Å². The Morgan fingerprint density at radius 1 is 1.65 bits per heavy atom. The van der Waals surface area contributed by atoms with Crippen LogP contribution in [-0.4, -0.2) is 40.0 Å². The number of carboxylic acid groups (broad SMARTS) is 1. The van der Waals surface area contributed by atoms with Gasteiger partial charge in [0, 0.05) is 12.1 Å². The average Bonchev–Trinajstić information content (AvgIpc) is 2.99. The van der Waals surface area contributed by atoms with Crippen LogP contribution < -0.4 is 5.32 Å². The minimum atomic E-state index is -1.07. The van der Waals surface area contributed by atoms with E-state index >= 15 is 0 Å². The molecular formula is C11H18N4O2. The number of anilines is 1. The summed E-state index contributed by atoms with van der Waals surface area (Å²) in [6, 6.07) is 2.47. The molecule has 1 atom stereocenters. The molecule has 1 fully saturated rings. The molecule has 0 saturated heterocycles. The molecule has 0 aromatic carbocycles. The quantitative estimate of drug-likeness (QED) is 0.840. The molecule has 1 aliphatic rings. The van der Waals surface area contributed by atoms with Crippen LogP contribution in [-0.2, 0) is 0 Å². The zero-order valence-electron chi connectivity index (χ0n) is 10.3. The number of nitrogens with one attached hydrogen (secondary N) is 1. The maximum atomic E-state index is 10.6. The lowest BCUT2D eigenvalue weighted by Gasteiger charge is -2.20. The first-order valence-electron chi connectivity index (χ1n) is 5.75. The Morgan fingerprint density at radius 2 is 2.29 bits per heavy atom. The zero-order chi connectivity index (χ0) is 12.6. The molecule has 17 heavy (non-hydrogen) atoms. The lowest BCUT2D eigenvalue weighted by atomic mass is 10.2. The van der Waals surface area contributed by atoms with Crippen molar-refractivity contribution >= 4 is 11.9 Å². The fourth-order valence-corrected chi connectivity index (χ4v) is 1.77. The molecular weight excluding hydrogens is 220 g/mol. The summed E-state index contributed by atoms with van der Waals surface area (Å²) in [5.41, 5.74) is 1.06. The number of carbonyl (C=O) groups is 1. The molecule has 0 radical (unpaired) electrons. The van der Waals surface area contributed by atoms with Gasteiger partial charge in [0.05, 0.1) is 11.7 Å². The van der Waals surface area contributed by atoms with Crippen LogP contribution in [0.25, 0.3) is 0 Å². The lowest BCUT2D eigenvalue weighted by Crippen LogP contribution is -2.20. The summed E-state index contributed by atoms with van der Waals surface area (Å²) in [7, 11) is 4.00. The Bertz CT molecular complexity index is 423. The summed E-state index contributed by atoms with van der Waals surface area (Å²) >= 11 is 0. The Morgan fingerprint density at radius 3 is 2.76 bits per heavy atom. The highest BCUT2D eigenvalue weighted by atomic mass is 16.4. The van der Waals surface area contributed by atoms with Crippen LogP contribution in [0.4, 0.5) is 10.6 Å². The normalized spacial score (nSPS) is 17.2. The molecule has 0 spiro atoms. The van der Waals surface area contributed by atoms with Crippen LogP contribution in [0.1, 0.15) is 37.5 Å². The van der Waals surface area contributed by atoms with Crippen molar-refractivity contribution < 1.29 is 9.90 Å². The van der Waals surface area contributed by atoms with Gasteiger partial charge >= 0.3 is 6.09 Å². The summed E-state index contributed by atoms with van der Waals surface area (Å²) in [5.74, 6) is 0.410. The predicted molar refractivity (Wildman–Crippen MR) is 64.2 cm³/mol. The van der Waals surface area contributed by atoms with Gasteiger partial charge in [0.1, 0.15) is 0 Å².